The van der Waals surface area contributed by atoms with Crippen LogP contribution in [0.1, 0.15) is 13.3 Å². The Morgan fingerprint density at radius 1 is 1.57 bits per heavy atom. The predicted molar refractivity (Wildman–Crippen MR) is 52.3 cm³/mol. The second kappa shape index (κ2) is 3.09. The standard InChI is InChI=1S/C7H8N4O2S/c1-2-3-4(12)9-7-11(5(3)13)10-6(8)14-7/h3H,2H2,1H3,(H2,8,10). The maximum absolute atomic E-state index is 11.6. The second-order valence-electron chi connectivity index (χ2n) is 2.88. The summed E-state index contributed by atoms with van der Waals surface area (Å²) in [6.07, 6.45) is 0.436. The molecule has 0 aliphatic carbocycles. The van der Waals surface area contributed by atoms with Gasteiger partial charge in [0.2, 0.25) is 5.17 Å². The van der Waals surface area contributed by atoms with Crippen molar-refractivity contribution in [3.63, 3.8) is 0 Å². The molecule has 0 aromatic rings. The van der Waals surface area contributed by atoms with Gasteiger partial charge in [0.05, 0.1) is 0 Å². The van der Waals surface area contributed by atoms with E-state index in [2.05, 4.69) is 10.1 Å². The normalized spacial score (nSPS) is 26.1. The summed E-state index contributed by atoms with van der Waals surface area (Å²) in [7, 11) is 0. The van der Waals surface area contributed by atoms with E-state index in [9.17, 15) is 9.59 Å². The molecular weight excluding hydrogens is 204 g/mol. The van der Waals surface area contributed by atoms with Crippen LogP contribution >= 0.6 is 11.8 Å². The zero-order valence-corrected chi connectivity index (χ0v) is 8.24. The number of hydrogen-bond donors (Lipinski definition) is 1. The molecule has 0 saturated heterocycles. The Morgan fingerprint density at radius 3 is 2.93 bits per heavy atom. The molecule has 0 spiro atoms. The van der Waals surface area contributed by atoms with Gasteiger partial charge in [-0.05, 0) is 18.2 Å². The summed E-state index contributed by atoms with van der Waals surface area (Å²) in [5, 5.41) is 5.39. The van der Waals surface area contributed by atoms with Crippen LogP contribution in [0.25, 0.3) is 0 Å². The lowest BCUT2D eigenvalue weighted by molar-refractivity contribution is -0.139. The van der Waals surface area contributed by atoms with Gasteiger partial charge in [-0.1, -0.05) is 6.92 Å². The van der Waals surface area contributed by atoms with Crippen LogP contribution in [0.3, 0.4) is 0 Å². The minimum Gasteiger partial charge on any atom is -0.376 e. The van der Waals surface area contributed by atoms with Crippen LogP contribution < -0.4 is 5.73 Å². The topological polar surface area (TPSA) is 88.1 Å². The number of amidine groups is 2. The molecule has 0 radical (unpaired) electrons. The maximum atomic E-state index is 11.6. The minimum absolute atomic E-state index is 0.238. The number of carbonyl (C=O) groups is 2. The molecule has 74 valence electrons. The first kappa shape index (κ1) is 9.20. The van der Waals surface area contributed by atoms with Crippen molar-refractivity contribution in [1.82, 2.24) is 5.01 Å². The van der Waals surface area contributed by atoms with Crippen molar-refractivity contribution in [2.45, 2.75) is 13.3 Å². The molecule has 0 aromatic carbocycles. The average molecular weight is 212 g/mol. The summed E-state index contributed by atoms with van der Waals surface area (Å²) in [5.74, 6) is -1.44. The van der Waals surface area contributed by atoms with E-state index in [0.717, 1.165) is 16.8 Å². The molecule has 1 unspecified atom stereocenters. The number of hydrogen-bond acceptors (Lipinski definition) is 5. The summed E-state index contributed by atoms with van der Waals surface area (Å²) in [6, 6.07) is 0. The zero-order valence-electron chi connectivity index (χ0n) is 7.43. The van der Waals surface area contributed by atoms with Gasteiger partial charge >= 0.3 is 0 Å². The minimum atomic E-state index is -0.700. The molecule has 0 bridgehead atoms. The summed E-state index contributed by atoms with van der Waals surface area (Å²) in [5.41, 5.74) is 5.42. The van der Waals surface area contributed by atoms with E-state index in [4.69, 9.17) is 5.73 Å². The quantitative estimate of drug-likeness (QED) is 0.605. The molecule has 2 heterocycles. The van der Waals surface area contributed by atoms with Crippen LogP contribution in [0.4, 0.5) is 0 Å². The molecule has 2 amide bonds. The molecule has 0 fully saturated rings. The number of thioether (sulfide) groups is 1. The van der Waals surface area contributed by atoms with Crippen molar-refractivity contribution in [2.75, 3.05) is 0 Å². The van der Waals surface area contributed by atoms with Crippen molar-refractivity contribution < 1.29 is 9.59 Å². The van der Waals surface area contributed by atoms with Gasteiger partial charge in [0.15, 0.2) is 5.17 Å². The molecule has 2 aliphatic heterocycles. The molecule has 2 N–H and O–H groups in total. The van der Waals surface area contributed by atoms with E-state index in [-0.39, 0.29) is 16.2 Å². The van der Waals surface area contributed by atoms with Gasteiger partial charge in [-0.25, -0.2) is 0 Å². The second-order valence-corrected chi connectivity index (χ2v) is 3.87. The number of rotatable bonds is 1. The number of carbonyl (C=O) groups excluding carboxylic acids is 2. The first-order valence-corrected chi connectivity index (χ1v) is 4.93. The highest BCUT2D eigenvalue weighted by Gasteiger charge is 2.40. The van der Waals surface area contributed by atoms with E-state index in [1.165, 1.54) is 0 Å². The van der Waals surface area contributed by atoms with Crippen LogP contribution in [0.15, 0.2) is 10.1 Å². The van der Waals surface area contributed by atoms with Crippen molar-refractivity contribution in [3.8, 4) is 0 Å². The monoisotopic (exact) mass is 212 g/mol. The van der Waals surface area contributed by atoms with Gasteiger partial charge in [0.25, 0.3) is 11.8 Å². The lowest BCUT2D eigenvalue weighted by Gasteiger charge is -2.21. The highest BCUT2D eigenvalue weighted by atomic mass is 32.2. The van der Waals surface area contributed by atoms with Gasteiger partial charge in [-0.3, -0.25) is 9.59 Å². The summed E-state index contributed by atoms with van der Waals surface area (Å²) < 4.78 is 0. The Labute approximate surface area is 84.2 Å². The molecule has 7 heteroatoms. The fraction of sp³-hybridized carbons (Fsp3) is 0.429. The van der Waals surface area contributed by atoms with Crippen LogP contribution in [-0.4, -0.2) is 27.2 Å². The number of fused-ring (bicyclic) bond motifs is 1. The van der Waals surface area contributed by atoms with E-state index in [1.807, 2.05) is 0 Å². The average Bonchev–Trinajstić information content (AvgIpc) is 2.47. The molecule has 0 aromatic heterocycles. The lowest BCUT2D eigenvalue weighted by Crippen LogP contribution is -2.41. The SMILES string of the molecule is CCC1C(=O)N=C2SC(N)=NN2C1=O. The molecule has 0 saturated carbocycles. The Balaban J connectivity index is 2.38. The van der Waals surface area contributed by atoms with Gasteiger partial charge in [0.1, 0.15) is 5.92 Å². The number of aliphatic imine (C=N–C) groups is 1. The number of nitrogens with two attached hydrogens (primary N) is 1. The summed E-state index contributed by atoms with van der Waals surface area (Å²) in [6.45, 7) is 1.76. The summed E-state index contributed by atoms with van der Waals surface area (Å²) in [4.78, 5) is 26.7. The Kier molecular flexibility index (Phi) is 2.03. The van der Waals surface area contributed by atoms with E-state index < -0.39 is 11.8 Å². The van der Waals surface area contributed by atoms with Crippen LogP contribution in [0.5, 0.6) is 0 Å². The first-order chi connectivity index (χ1) is 6.63. The number of hydrazone groups is 1. The predicted octanol–water partition coefficient (Wildman–Crippen LogP) is -0.286. The van der Waals surface area contributed by atoms with Gasteiger partial charge in [-0.15, -0.1) is 5.10 Å². The fourth-order valence-corrected chi connectivity index (χ4v) is 1.95. The molecule has 14 heavy (non-hydrogen) atoms. The highest BCUT2D eigenvalue weighted by Crippen LogP contribution is 2.26. The zero-order chi connectivity index (χ0) is 10.3. The Bertz CT molecular complexity index is 376. The molecular formula is C7H8N4O2S. The van der Waals surface area contributed by atoms with Crippen LogP contribution in [0.2, 0.25) is 0 Å². The third kappa shape index (κ3) is 1.20. The Morgan fingerprint density at radius 2 is 2.29 bits per heavy atom. The van der Waals surface area contributed by atoms with Crippen molar-refractivity contribution in [2.24, 2.45) is 21.7 Å². The number of amides is 2. The molecule has 1 atom stereocenters. The van der Waals surface area contributed by atoms with Crippen molar-refractivity contribution in [1.29, 1.82) is 0 Å². The van der Waals surface area contributed by atoms with Crippen molar-refractivity contribution >= 4 is 33.9 Å². The third-order valence-corrected chi connectivity index (χ3v) is 2.73. The molecule has 6 nitrogen and oxygen atoms in total. The highest BCUT2D eigenvalue weighted by molar-refractivity contribution is 8.26. The first-order valence-electron chi connectivity index (χ1n) is 4.12. The third-order valence-electron chi connectivity index (χ3n) is 1.99. The van der Waals surface area contributed by atoms with Gasteiger partial charge < -0.3 is 5.73 Å². The largest absolute Gasteiger partial charge is 0.376 e. The van der Waals surface area contributed by atoms with E-state index in [1.54, 1.807) is 6.92 Å². The molecule has 2 aliphatic rings. The van der Waals surface area contributed by atoms with Gasteiger partial charge in [0, 0.05) is 0 Å². The van der Waals surface area contributed by atoms with Crippen LogP contribution in [0, 0.1) is 5.92 Å². The van der Waals surface area contributed by atoms with Crippen LogP contribution in [-0.2, 0) is 9.59 Å². The lowest BCUT2D eigenvalue weighted by atomic mass is 10.0. The van der Waals surface area contributed by atoms with E-state index in [0.29, 0.717) is 6.42 Å². The van der Waals surface area contributed by atoms with Gasteiger partial charge in [-0.2, -0.15) is 10.0 Å². The summed E-state index contributed by atoms with van der Waals surface area (Å²) >= 11 is 1.03. The smallest absolute Gasteiger partial charge is 0.262 e. The fourth-order valence-electron chi connectivity index (χ4n) is 1.29. The maximum Gasteiger partial charge on any atom is 0.262 e. The van der Waals surface area contributed by atoms with Crippen molar-refractivity contribution in [3.05, 3.63) is 0 Å². The Hall–Kier alpha value is -1.37. The molecule has 2 rings (SSSR count). The number of nitrogens with zero attached hydrogens (tertiary/aromatic N) is 3. The van der Waals surface area contributed by atoms with E-state index >= 15 is 0 Å².